The minimum atomic E-state index is -0.0410. The van der Waals surface area contributed by atoms with E-state index in [1.54, 1.807) is 11.3 Å². The second-order valence-corrected chi connectivity index (χ2v) is 4.88. The Morgan fingerprint density at radius 2 is 2.15 bits per heavy atom. The zero-order valence-electron chi connectivity index (χ0n) is 7.99. The number of rotatable bonds is 1. The smallest absolute Gasteiger partial charge is 0.0528 e. The fourth-order valence-corrected chi connectivity index (χ4v) is 2.73. The van der Waals surface area contributed by atoms with Crippen LogP contribution in [0, 0.1) is 0 Å². The van der Waals surface area contributed by atoms with Gasteiger partial charge >= 0.3 is 0 Å². The van der Waals surface area contributed by atoms with Crippen LogP contribution in [0.5, 0.6) is 0 Å². The van der Waals surface area contributed by atoms with Crippen molar-refractivity contribution in [1.82, 2.24) is 4.90 Å². The molecule has 1 aromatic heterocycles. The summed E-state index contributed by atoms with van der Waals surface area (Å²) in [5, 5.41) is 2.11. The standard InChI is InChI=1S/C10H16N2S/c1-12-6-4-10(11,5-7-12)9-3-2-8-13-9/h2-3,8H,4-7,11H2,1H3. The molecule has 1 aliphatic rings. The molecule has 0 spiro atoms. The highest BCUT2D eigenvalue weighted by Gasteiger charge is 2.31. The Morgan fingerprint density at radius 1 is 1.46 bits per heavy atom. The van der Waals surface area contributed by atoms with Gasteiger partial charge in [-0.15, -0.1) is 11.3 Å². The van der Waals surface area contributed by atoms with E-state index in [0.717, 1.165) is 25.9 Å². The first-order valence-corrected chi connectivity index (χ1v) is 5.60. The van der Waals surface area contributed by atoms with Gasteiger partial charge in [-0.1, -0.05) is 6.07 Å². The molecule has 2 rings (SSSR count). The van der Waals surface area contributed by atoms with Gasteiger partial charge in [-0.2, -0.15) is 0 Å². The summed E-state index contributed by atoms with van der Waals surface area (Å²) in [6.45, 7) is 2.24. The van der Waals surface area contributed by atoms with Crippen LogP contribution in [0.4, 0.5) is 0 Å². The third-order valence-electron chi connectivity index (χ3n) is 2.89. The number of likely N-dealkylation sites (tertiary alicyclic amines) is 1. The molecule has 1 saturated heterocycles. The molecule has 0 atom stereocenters. The van der Waals surface area contributed by atoms with Crippen LogP contribution in [-0.4, -0.2) is 25.0 Å². The van der Waals surface area contributed by atoms with Gasteiger partial charge in [-0.3, -0.25) is 0 Å². The second kappa shape index (κ2) is 3.40. The van der Waals surface area contributed by atoms with Crippen molar-refractivity contribution >= 4 is 11.3 Å². The second-order valence-electron chi connectivity index (χ2n) is 3.94. The maximum Gasteiger partial charge on any atom is 0.0528 e. The summed E-state index contributed by atoms with van der Waals surface area (Å²) in [6.07, 6.45) is 2.17. The molecule has 0 saturated carbocycles. The summed E-state index contributed by atoms with van der Waals surface area (Å²) in [5.74, 6) is 0. The molecule has 13 heavy (non-hydrogen) atoms. The van der Waals surface area contributed by atoms with E-state index in [2.05, 4.69) is 29.5 Å². The fourth-order valence-electron chi connectivity index (χ4n) is 1.83. The lowest BCUT2D eigenvalue weighted by molar-refractivity contribution is 0.194. The average Bonchev–Trinajstić information content (AvgIpc) is 2.63. The minimum Gasteiger partial charge on any atom is -0.321 e. The lowest BCUT2D eigenvalue weighted by Gasteiger charge is -2.36. The highest BCUT2D eigenvalue weighted by atomic mass is 32.1. The first-order chi connectivity index (χ1) is 6.21. The topological polar surface area (TPSA) is 29.3 Å². The number of hydrogen-bond acceptors (Lipinski definition) is 3. The largest absolute Gasteiger partial charge is 0.321 e. The number of thiophene rings is 1. The lowest BCUT2D eigenvalue weighted by Crippen LogP contribution is -2.46. The summed E-state index contributed by atoms with van der Waals surface area (Å²) in [5.41, 5.74) is 6.33. The van der Waals surface area contributed by atoms with E-state index in [9.17, 15) is 0 Å². The number of nitrogens with zero attached hydrogens (tertiary/aromatic N) is 1. The van der Waals surface area contributed by atoms with E-state index in [1.165, 1.54) is 4.88 Å². The number of nitrogens with two attached hydrogens (primary N) is 1. The highest BCUT2D eigenvalue weighted by Crippen LogP contribution is 2.32. The van der Waals surface area contributed by atoms with Gasteiger partial charge in [-0.05, 0) is 44.4 Å². The first kappa shape index (κ1) is 9.19. The van der Waals surface area contributed by atoms with E-state index in [0.29, 0.717) is 0 Å². The predicted octanol–water partition coefficient (Wildman–Crippen LogP) is 1.63. The van der Waals surface area contributed by atoms with Crippen molar-refractivity contribution < 1.29 is 0 Å². The number of piperidine rings is 1. The van der Waals surface area contributed by atoms with E-state index < -0.39 is 0 Å². The van der Waals surface area contributed by atoms with Gasteiger partial charge in [0.2, 0.25) is 0 Å². The molecule has 72 valence electrons. The molecule has 2 nitrogen and oxygen atoms in total. The van der Waals surface area contributed by atoms with Crippen molar-refractivity contribution in [3.63, 3.8) is 0 Å². The minimum absolute atomic E-state index is 0.0410. The van der Waals surface area contributed by atoms with E-state index in [1.807, 2.05) is 0 Å². The van der Waals surface area contributed by atoms with Crippen LogP contribution in [0.3, 0.4) is 0 Å². The average molecular weight is 196 g/mol. The van der Waals surface area contributed by atoms with Crippen LogP contribution in [0.25, 0.3) is 0 Å². The monoisotopic (exact) mass is 196 g/mol. The molecule has 0 aliphatic carbocycles. The molecule has 0 radical (unpaired) electrons. The van der Waals surface area contributed by atoms with Gasteiger partial charge in [-0.25, -0.2) is 0 Å². The molecule has 1 aliphatic heterocycles. The van der Waals surface area contributed by atoms with Crippen molar-refractivity contribution in [3.8, 4) is 0 Å². The fraction of sp³-hybridized carbons (Fsp3) is 0.600. The molecule has 2 N–H and O–H groups in total. The van der Waals surface area contributed by atoms with Crippen molar-refractivity contribution in [3.05, 3.63) is 22.4 Å². The molecule has 2 heterocycles. The highest BCUT2D eigenvalue weighted by molar-refractivity contribution is 7.10. The third kappa shape index (κ3) is 1.77. The molecule has 0 unspecified atom stereocenters. The van der Waals surface area contributed by atoms with Crippen LogP contribution in [0.1, 0.15) is 17.7 Å². The van der Waals surface area contributed by atoms with Crippen LogP contribution in [0.15, 0.2) is 17.5 Å². The molecule has 3 heteroatoms. The zero-order valence-corrected chi connectivity index (χ0v) is 8.81. The Hall–Kier alpha value is -0.380. The van der Waals surface area contributed by atoms with Crippen molar-refractivity contribution in [1.29, 1.82) is 0 Å². The van der Waals surface area contributed by atoms with Crippen molar-refractivity contribution in [2.24, 2.45) is 5.73 Å². The summed E-state index contributed by atoms with van der Waals surface area (Å²) >= 11 is 1.79. The molecular formula is C10H16N2S. The molecule has 1 aromatic rings. The zero-order chi connectivity index (χ0) is 9.31. The van der Waals surface area contributed by atoms with Gasteiger partial charge in [0.1, 0.15) is 0 Å². The SMILES string of the molecule is CN1CCC(N)(c2cccs2)CC1. The van der Waals surface area contributed by atoms with Crippen LogP contribution >= 0.6 is 11.3 Å². The van der Waals surface area contributed by atoms with Gasteiger partial charge in [0, 0.05) is 4.88 Å². The van der Waals surface area contributed by atoms with Crippen LogP contribution in [0.2, 0.25) is 0 Å². The Balaban J connectivity index is 2.13. The normalized spacial score (nSPS) is 23.2. The van der Waals surface area contributed by atoms with Gasteiger partial charge in [0.05, 0.1) is 5.54 Å². The summed E-state index contributed by atoms with van der Waals surface area (Å²) < 4.78 is 0. The molecular weight excluding hydrogens is 180 g/mol. The first-order valence-electron chi connectivity index (χ1n) is 4.72. The van der Waals surface area contributed by atoms with E-state index >= 15 is 0 Å². The van der Waals surface area contributed by atoms with E-state index in [-0.39, 0.29) is 5.54 Å². The Labute approximate surface area is 83.4 Å². The van der Waals surface area contributed by atoms with Gasteiger partial charge in [0.15, 0.2) is 0 Å². The van der Waals surface area contributed by atoms with Crippen molar-refractivity contribution in [2.45, 2.75) is 18.4 Å². The Kier molecular flexibility index (Phi) is 2.41. The van der Waals surface area contributed by atoms with Gasteiger partial charge in [0.25, 0.3) is 0 Å². The summed E-state index contributed by atoms with van der Waals surface area (Å²) in [6, 6.07) is 4.25. The maximum absolute atomic E-state index is 6.37. The summed E-state index contributed by atoms with van der Waals surface area (Å²) in [7, 11) is 2.16. The quantitative estimate of drug-likeness (QED) is 0.739. The molecule has 0 amide bonds. The lowest BCUT2D eigenvalue weighted by atomic mass is 9.87. The summed E-state index contributed by atoms with van der Waals surface area (Å²) in [4.78, 5) is 3.69. The van der Waals surface area contributed by atoms with Crippen LogP contribution < -0.4 is 5.73 Å². The van der Waals surface area contributed by atoms with E-state index in [4.69, 9.17) is 5.73 Å². The van der Waals surface area contributed by atoms with Crippen molar-refractivity contribution in [2.75, 3.05) is 20.1 Å². The Morgan fingerprint density at radius 3 is 2.69 bits per heavy atom. The maximum atomic E-state index is 6.37. The molecule has 0 aromatic carbocycles. The van der Waals surface area contributed by atoms with Crippen LogP contribution in [-0.2, 0) is 5.54 Å². The van der Waals surface area contributed by atoms with Gasteiger partial charge < -0.3 is 10.6 Å². The number of hydrogen-bond donors (Lipinski definition) is 1. The molecule has 1 fully saturated rings. The molecule has 0 bridgehead atoms. The Bertz CT molecular complexity index is 260. The predicted molar refractivity (Wildman–Crippen MR) is 56.9 cm³/mol. The third-order valence-corrected chi connectivity index (χ3v) is 3.98.